The molecule has 9 heteroatoms. The molecule has 0 aliphatic carbocycles. The molecule has 0 saturated heterocycles. The van der Waals surface area contributed by atoms with Crippen LogP contribution in [0.4, 0.5) is 13.2 Å². The summed E-state index contributed by atoms with van der Waals surface area (Å²) in [6.45, 7) is 9.39. The van der Waals surface area contributed by atoms with Gasteiger partial charge in [-0.25, -0.2) is 4.98 Å². The number of aromatic nitrogens is 1. The van der Waals surface area contributed by atoms with Crippen LogP contribution in [0, 0.1) is 5.92 Å². The molecule has 0 atom stereocenters. The van der Waals surface area contributed by atoms with Crippen LogP contribution < -0.4 is 10.6 Å². The first-order valence-electron chi connectivity index (χ1n) is 8.44. The highest BCUT2D eigenvalue weighted by molar-refractivity contribution is 7.09. The Morgan fingerprint density at radius 2 is 2.12 bits per heavy atom. The predicted octanol–water partition coefficient (Wildman–Crippen LogP) is 3.32. The van der Waals surface area contributed by atoms with Gasteiger partial charge in [-0.3, -0.25) is 4.99 Å². The lowest BCUT2D eigenvalue weighted by Gasteiger charge is -2.11. The lowest BCUT2D eigenvalue weighted by molar-refractivity contribution is -0.140. The second-order valence-corrected chi connectivity index (χ2v) is 6.83. The van der Waals surface area contributed by atoms with Crippen LogP contribution in [0.5, 0.6) is 0 Å². The number of hydrogen-bond donors (Lipinski definition) is 2. The van der Waals surface area contributed by atoms with Gasteiger partial charge < -0.3 is 15.4 Å². The average Bonchev–Trinajstić information content (AvgIpc) is 2.99. The Bertz CT molecular complexity index is 518. The molecular formula is C16H27F3N4OS. The minimum atomic E-state index is -4.38. The summed E-state index contributed by atoms with van der Waals surface area (Å²) in [5.41, 5.74) is -0.825. The number of alkyl halides is 3. The Labute approximate surface area is 151 Å². The van der Waals surface area contributed by atoms with E-state index in [1.807, 2.05) is 6.92 Å². The van der Waals surface area contributed by atoms with E-state index in [0.717, 1.165) is 29.7 Å². The van der Waals surface area contributed by atoms with Crippen molar-refractivity contribution in [3.05, 3.63) is 16.1 Å². The van der Waals surface area contributed by atoms with Crippen LogP contribution in [0.2, 0.25) is 0 Å². The summed E-state index contributed by atoms with van der Waals surface area (Å²) in [5.74, 6) is 1.17. The number of halogens is 3. The van der Waals surface area contributed by atoms with Crippen LogP contribution in [0.25, 0.3) is 0 Å². The van der Waals surface area contributed by atoms with Crippen LogP contribution in [-0.4, -0.2) is 43.8 Å². The molecule has 1 aromatic heterocycles. The first kappa shape index (κ1) is 21.7. The van der Waals surface area contributed by atoms with E-state index in [1.165, 1.54) is 0 Å². The van der Waals surface area contributed by atoms with Crippen molar-refractivity contribution in [2.24, 2.45) is 10.9 Å². The summed E-state index contributed by atoms with van der Waals surface area (Å²) in [6, 6.07) is 0. The molecule has 0 spiro atoms. The molecule has 0 aliphatic heterocycles. The Hall–Kier alpha value is -1.35. The van der Waals surface area contributed by atoms with Gasteiger partial charge in [0.05, 0.1) is 5.01 Å². The van der Waals surface area contributed by atoms with Gasteiger partial charge in [0, 0.05) is 44.6 Å². The lowest BCUT2D eigenvalue weighted by atomic mass is 10.2. The second-order valence-electron chi connectivity index (χ2n) is 5.88. The van der Waals surface area contributed by atoms with E-state index in [1.54, 1.807) is 0 Å². The van der Waals surface area contributed by atoms with Gasteiger partial charge in [0.1, 0.15) is 0 Å². The Balaban J connectivity index is 2.32. The molecule has 0 saturated carbocycles. The maximum absolute atomic E-state index is 12.5. The van der Waals surface area contributed by atoms with Crippen LogP contribution in [0.3, 0.4) is 0 Å². The van der Waals surface area contributed by atoms with Crippen LogP contribution in [-0.2, 0) is 17.3 Å². The number of guanidine groups is 1. The molecule has 1 heterocycles. The number of thiazole rings is 1. The summed E-state index contributed by atoms with van der Waals surface area (Å²) >= 11 is 1.02. The molecule has 1 rings (SSSR count). The zero-order valence-corrected chi connectivity index (χ0v) is 15.8. The van der Waals surface area contributed by atoms with E-state index in [0.29, 0.717) is 49.5 Å². The van der Waals surface area contributed by atoms with Crippen molar-refractivity contribution < 1.29 is 17.9 Å². The number of ether oxygens (including phenoxy) is 1. The van der Waals surface area contributed by atoms with Gasteiger partial charge in [-0.05, 0) is 19.3 Å². The number of hydrogen-bond acceptors (Lipinski definition) is 4. The topological polar surface area (TPSA) is 58.5 Å². The van der Waals surface area contributed by atoms with Crippen molar-refractivity contribution in [2.75, 3.05) is 32.8 Å². The van der Waals surface area contributed by atoms with Gasteiger partial charge in [-0.15, -0.1) is 11.3 Å². The highest BCUT2D eigenvalue weighted by atomic mass is 32.1. The third-order valence-electron chi connectivity index (χ3n) is 2.99. The van der Waals surface area contributed by atoms with Crippen molar-refractivity contribution in [1.29, 1.82) is 0 Å². The van der Waals surface area contributed by atoms with Crippen LogP contribution in [0.15, 0.2) is 10.4 Å². The molecule has 25 heavy (non-hydrogen) atoms. The molecule has 0 fully saturated rings. The number of nitrogens with one attached hydrogen (secondary N) is 2. The molecule has 2 N–H and O–H groups in total. The smallest absolute Gasteiger partial charge is 0.381 e. The maximum Gasteiger partial charge on any atom is 0.434 e. The fourth-order valence-electron chi connectivity index (χ4n) is 1.86. The first-order valence-corrected chi connectivity index (χ1v) is 9.32. The zero-order chi connectivity index (χ0) is 18.7. The Morgan fingerprint density at radius 3 is 2.72 bits per heavy atom. The van der Waals surface area contributed by atoms with E-state index < -0.39 is 11.9 Å². The molecule has 0 amide bonds. The highest BCUT2D eigenvalue weighted by Gasteiger charge is 2.33. The van der Waals surface area contributed by atoms with Gasteiger partial charge in [-0.1, -0.05) is 13.8 Å². The lowest BCUT2D eigenvalue weighted by Crippen LogP contribution is -2.38. The summed E-state index contributed by atoms with van der Waals surface area (Å²) < 4.78 is 43.0. The summed E-state index contributed by atoms with van der Waals surface area (Å²) in [7, 11) is 0. The molecule has 0 aromatic carbocycles. The SMILES string of the molecule is CCNC(=NCCCOCC(C)C)NCCc1nc(C(F)(F)F)cs1. The summed E-state index contributed by atoms with van der Waals surface area (Å²) in [5, 5.41) is 7.72. The minimum Gasteiger partial charge on any atom is -0.381 e. The Kier molecular flexibility index (Phi) is 9.81. The van der Waals surface area contributed by atoms with Gasteiger partial charge in [0.15, 0.2) is 11.7 Å². The standard InChI is InChI=1S/C16H27F3N4OS/c1-4-20-15(21-7-5-9-24-10-12(2)3)22-8-6-14-23-13(11-25-14)16(17,18)19/h11-12H,4-10H2,1-3H3,(H2,20,21,22). The number of nitrogens with zero attached hydrogens (tertiary/aromatic N) is 2. The average molecular weight is 380 g/mol. The van der Waals surface area contributed by atoms with Crippen molar-refractivity contribution >= 4 is 17.3 Å². The van der Waals surface area contributed by atoms with Gasteiger partial charge in [0.25, 0.3) is 0 Å². The third kappa shape index (κ3) is 9.64. The molecule has 1 aromatic rings. The molecule has 144 valence electrons. The van der Waals surface area contributed by atoms with Crippen molar-refractivity contribution in [1.82, 2.24) is 15.6 Å². The fraction of sp³-hybridized carbons (Fsp3) is 0.750. The molecule has 0 unspecified atom stereocenters. The quantitative estimate of drug-likeness (QED) is 0.371. The van der Waals surface area contributed by atoms with Gasteiger partial charge in [0.2, 0.25) is 0 Å². The van der Waals surface area contributed by atoms with E-state index in [2.05, 4.69) is 34.5 Å². The van der Waals surface area contributed by atoms with E-state index in [9.17, 15) is 13.2 Å². The number of rotatable bonds is 10. The molecule has 0 radical (unpaired) electrons. The monoisotopic (exact) mass is 380 g/mol. The van der Waals surface area contributed by atoms with E-state index >= 15 is 0 Å². The van der Waals surface area contributed by atoms with E-state index in [-0.39, 0.29) is 0 Å². The van der Waals surface area contributed by atoms with E-state index in [4.69, 9.17) is 4.74 Å². The highest BCUT2D eigenvalue weighted by Crippen LogP contribution is 2.29. The van der Waals surface area contributed by atoms with Crippen LogP contribution >= 0.6 is 11.3 Å². The third-order valence-corrected chi connectivity index (χ3v) is 3.89. The summed E-state index contributed by atoms with van der Waals surface area (Å²) in [6.07, 6.45) is -3.14. The van der Waals surface area contributed by atoms with Gasteiger partial charge in [-0.2, -0.15) is 13.2 Å². The number of aliphatic imine (C=N–C) groups is 1. The predicted molar refractivity (Wildman–Crippen MR) is 95.1 cm³/mol. The Morgan fingerprint density at radius 1 is 1.36 bits per heavy atom. The largest absolute Gasteiger partial charge is 0.434 e. The summed E-state index contributed by atoms with van der Waals surface area (Å²) in [4.78, 5) is 8.03. The fourth-order valence-corrected chi connectivity index (χ4v) is 2.67. The normalized spacial score (nSPS) is 12.7. The second kappa shape index (κ2) is 11.3. The minimum absolute atomic E-state index is 0.419. The maximum atomic E-state index is 12.5. The molecule has 5 nitrogen and oxygen atoms in total. The molecule has 0 bridgehead atoms. The van der Waals surface area contributed by atoms with Gasteiger partial charge >= 0.3 is 6.18 Å². The zero-order valence-electron chi connectivity index (χ0n) is 14.9. The van der Waals surface area contributed by atoms with Crippen LogP contribution in [0.1, 0.15) is 37.9 Å². The van der Waals surface area contributed by atoms with Crippen molar-refractivity contribution in [3.8, 4) is 0 Å². The van der Waals surface area contributed by atoms with Crippen molar-refractivity contribution in [2.45, 2.75) is 39.8 Å². The first-order chi connectivity index (χ1) is 11.8. The molecular weight excluding hydrogens is 353 g/mol. The van der Waals surface area contributed by atoms with Crippen molar-refractivity contribution in [3.63, 3.8) is 0 Å². The molecule has 0 aliphatic rings.